The highest BCUT2D eigenvalue weighted by molar-refractivity contribution is 9.10. The van der Waals surface area contributed by atoms with Gasteiger partial charge in [0, 0.05) is 19.2 Å². The average Bonchev–Trinajstić information content (AvgIpc) is 2.46. The first-order valence-corrected chi connectivity index (χ1v) is 7.21. The van der Waals surface area contributed by atoms with E-state index in [9.17, 15) is 9.59 Å². The van der Waals surface area contributed by atoms with Gasteiger partial charge in [-0.15, -0.1) is 0 Å². The van der Waals surface area contributed by atoms with E-state index in [-0.39, 0.29) is 11.5 Å². The first-order valence-electron chi connectivity index (χ1n) is 6.42. The molecule has 0 spiro atoms. The number of aryl methyl sites for hydroxylation is 1. The number of hydrogen-bond acceptors (Lipinski definition) is 4. The molecule has 0 saturated carbocycles. The van der Waals surface area contributed by atoms with Crippen molar-refractivity contribution in [2.24, 2.45) is 0 Å². The number of carbonyl (C=O) groups is 1. The Morgan fingerprint density at radius 2 is 2.14 bits per heavy atom. The van der Waals surface area contributed by atoms with Gasteiger partial charge < -0.3 is 11.1 Å². The number of nitrogens with two attached hydrogens (primary N) is 1. The number of carbonyl (C=O) groups excluding carboxylic acids is 1. The molecular weight excluding hydrogens is 336 g/mol. The van der Waals surface area contributed by atoms with Crippen LogP contribution in [0.25, 0.3) is 0 Å². The predicted octanol–water partition coefficient (Wildman–Crippen LogP) is 2.01. The maximum atomic E-state index is 11.8. The fraction of sp³-hybridized carbons (Fsp3) is 0.214. The number of benzene rings is 1. The van der Waals surface area contributed by atoms with Crippen molar-refractivity contribution in [3.05, 3.63) is 51.6 Å². The minimum Gasteiger partial charge on any atom is -0.397 e. The van der Waals surface area contributed by atoms with Crippen LogP contribution in [0, 0.1) is 0 Å². The third-order valence-corrected chi connectivity index (χ3v) is 3.44. The molecule has 21 heavy (non-hydrogen) atoms. The number of anilines is 2. The second-order valence-electron chi connectivity index (χ2n) is 4.48. The van der Waals surface area contributed by atoms with Crippen molar-refractivity contribution in [3.8, 4) is 0 Å². The van der Waals surface area contributed by atoms with Gasteiger partial charge in [-0.1, -0.05) is 12.1 Å². The van der Waals surface area contributed by atoms with Crippen molar-refractivity contribution in [1.29, 1.82) is 0 Å². The summed E-state index contributed by atoms with van der Waals surface area (Å²) in [5, 5.41) is 2.75. The summed E-state index contributed by atoms with van der Waals surface area (Å²) >= 11 is 3.13. The van der Waals surface area contributed by atoms with Crippen molar-refractivity contribution in [3.63, 3.8) is 0 Å². The molecule has 2 rings (SSSR count). The number of amides is 1. The Morgan fingerprint density at radius 3 is 2.90 bits per heavy atom. The topological polar surface area (TPSA) is 90.0 Å². The molecule has 0 aliphatic rings. The van der Waals surface area contributed by atoms with Crippen LogP contribution in [0.1, 0.15) is 12.8 Å². The second kappa shape index (κ2) is 7.03. The van der Waals surface area contributed by atoms with Crippen LogP contribution < -0.4 is 16.6 Å². The number of nitrogens with one attached hydrogen (secondary N) is 1. The molecule has 0 aliphatic carbocycles. The molecule has 0 bridgehead atoms. The van der Waals surface area contributed by atoms with Gasteiger partial charge in [0.1, 0.15) is 4.47 Å². The van der Waals surface area contributed by atoms with Crippen LogP contribution in [-0.2, 0) is 11.3 Å². The molecule has 3 N–H and O–H groups in total. The van der Waals surface area contributed by atoms with Gasteiger partial charge in [-0.05, 0) is 34.5 Å². The summed E-state index contributed by atoms with van der Waals surface area (Å²) in [7, 11) is 0. The Hall–Kier alpha value is -2.15. The lowest BCUT2D eigenvalue weighted by Gasteiger charge is -2.08. The molecule has 2 aromatic rings. The molecule has 1 aromatic heterocycles. The van der Waals surface area contributed by atoms with Gasteiger partial charge in [-0.25, -0.2) is 4.98 Å². The summed E-state index contributed by atoms with van der Waals surface area (Å²) in [5.41, 5.74) is 6.72. The molecule has 7 heteroatoms. The third-order valence-electron chi connectivity index (χ3n) is 2.90. The minimum absolute atomic E-state index is 0.135. The Morgan fingerprint density at radius 1 is 1.38 bits per heavy atom. The molecule has 1 amide bonds. The zero-order chi connectivity index (χ0) is 15.2. The first-order chi connectivity index (χ1) is 10.1. The van der Waals surface area contributed by atoms with Crippen molar-refractivity contribution < 1.29 is 4.79 Å². The van der Waals surface area contributed by atoms with E-state index in [0.29, 0.717) is 35.2 Å². The van der Waals surface area contributed by atoms with Crippen molar-refractivity contribution in [2.75, 3.05) is 11.1 Å². The maximum Gasteiger partial charge on any atom is 0.267 e. The summed E-state index contributed by atoms with van der Waals surface area (Å²) in [6.07, 6.45) is 3.74. The lowest BCUT2D eigenvalue weighted by Crippen LogP contribution is -2.21. The Balaban J connectivity index is 1.86. The van der Waals surface area contributed by atoms with E-state index in [1.807, 2.05) is 0 Å². The lowest BCUT2D eigenvalue weighted by molar-refractivity contribution is -0.116. The highest BCUT2D eigenvalue weighted by Crippen LogP contribution is 2.16. The number of aromatic nitrogens is 2. The van der Waals surface area contributed by atoms with Gasteiger partial charge in [-0.2, -0.15) is 0 Å². The number of rotatable bonds is 5. The molecule has 0 fully saturated rings. The molecule has 0 aliphatic heterocycles. The summed E-state index contributed by atoms with van der Waals surface area (Å²) in [5.74, 6) is -0.135. The van der Waals surface area contributed by atoms with E-state index in [1.54, 1.807) is 24.3 Å². The Bertz CT molecular complexity index is 699. The molecule has 1 aromatic carbocycles. The van der Waals surface area contributed by atoms with E-state index in [2.05, 4.69) is 26.2 Å². The summed E-state index contributed by atoms with van der Waals surface area (Å²) in [4.78, 5) is 27.5. The van der Waals surface area contributed by atoms with Gasteiger partial charge in [0.2, 0.25) is 5.91 Å². The van der Waals surface area contributed by atoms with Gasteiger partial charge in [0.05, 0.1) is 17.7 Å². The molecule has 6 nitrogen and oxygen atoms in total. The quantitative estimate of drug-likeness (QED) is 0.807. The average molecular weight is 351 g/mol. The van der Waals surface area contributed by atoms with Gasteiger partial charge in [-0.3, -0.25) is 14.2 Å². The van der Waals surface area contributed by atoms with Crippen LogP contribution in [0.2, 0.25) is 0 Å². The molecular formula is C14H15BrN4O2. The molecule has 0 unspecified atom stereocenters. The molecule has 110 valence electrons. The van der Waals surface area contributed by atoms with E-state index in [0.717, 1.165) is 0 Å². The number of para-hydroxylation sites is 2. The molecule has 1 heterocycles. The van der Waals surface area contributed by atoms with E-state index >= 15 is 0 Å². The van der Waals surface area contributed by atoms with Gasteiger partial charge in [0.15, 0.2) is 0 Å². The Labute approximate surface area is 130 Å². The standard InChI is InChI=1S/C14H15BrN4O2/c15-10-8-17-9-19(14(10)21)7-3-6-13(20)18-12-5-2-1-4-11(12)16/h1-2,4-5,8-9H,3,6-7,16H2,(H,18,20). The van der Waals surface area contributed by atoms with E-state index in [4.69, 9.17) is 5.73 Å². The summed E-state index contributed by atoms with van der Waals surface area (Å²) < 4.78 is 1.88. The fourth-order valence-corrected chi connectivity index (χ4v) is 2.16. The predicted molar refractivity (Wildman–Crippen MR) is 84.9 cm³/mol. The molecule has 0 radical (unpaired) electrons. The van der Waals surface area contributed by atoms with Crippen LogP contribution in [-0.4, -0.2) is 15.5 Å². The SMILES string of the molecule is Nc1ccccc1NC(=O)CCCn1cncc(Br)c1=O. The van der Waals surface area contributed by atoms with Crippen molar-refractivity contribution >= 4 is 33.2 Å². The number of nitrogen functional groups attached to an aromatic ring is 1. The van der Waals surface area contributed by atoms with Gasteiger partial charge >= 0.3 is 0 Å². The zero-order valence-electron chi connectivity index (χ0n) is 11.3. The fourth-order valence-electron chi connectivity index (χ4n) is 1.82. The summed E-state index contributed by atoms with van der Waals surface area (Å²) in [6.45, 7) is 0.433. The highest BCUT2D eigenvalue weighted by Gasteiger charge is 2.06. The largest absolute Gasteiger partial charge is 0.397 e. The number of nitrogens with zero attached hydrogens (tertiary/aromatic N) is 2. The number of hydrogen-bond donors (Lipinski definition) is 2. The van der Waals surface area contributed by atoms with Crippen LogP contribution >= 0.6 is 15.9 Å². The van der Waals surface area contributed by atoms with Gasteiger partial charge in [0.25, 0.3) is 5.56 Å². The molecule has 0 atom stereocenters. The maximum absolute atomic E-state index is 11.8. The molecule has 0 saturated heterocycles. The monoisotopic (exact) mass is 350 g/mol. The van der Waals surface area contributed by atoms with E-state index in [1.165, 1.54) is 17.1 Å². The number of halogens is 1. The third kappa shape index (κ3) is 4.16. The smallest absolute Gasteiger partial charge is 0.267 e. The first kappa shape index (κ1) is 15.2. The van der Waals surface area contributed by atoms with Crippen LogP contribution in [0.5, 0.6) is 0 Å². The highest BCUT2D eigenvalue weighted by atomic mass is 79.9. The minimum atomic E-state index is -0.155. The lowest BCUT2D eigenvalue weighted by atomic mass is 10.2. The van der Waals surface area contributed by atoms with Crippen LogP contribution in [0.4, 0.5) is 11.4 Å². The summed E-state index contributed by atoms with van der Waals surface area (Å²) in [6, 6.07) is 7.08. The van der Waals surface area contributed by atoms with Crippen molar-refractivity contribution in [1.82, 2.24) is 9.55 Å². The Kier molecular flexibility index (Phi) is 5.10. The zero-order valence-corrected chi connectivity index (χ0v) is 12.8. The van der Waals surface area contributed by atoms with Crippen LogP contribution in [0.15, 0.2) is 46.1 Å². The second-order valence-corrected chi connectivity index (χ2v) is 5.33. The normalized spacial score (nSPS) is 10.3. The van der Waals surface area contributed by atoms with Crippen molar-refractivity contribution in [2.45, 2.75) is 19.4 Å². The van der Waals surface area contributed by atoms with E-state index < -0.39 is 0 Å². The van der Waals surface area contributed by atoms with Crippen LogP contribution in [0.3, 0.4) is 0 Å².